The van der Waals surface area contributed by atoms with Crippen molar-refractivity contribution < 1.29 is 9.90 Å². The molecule has 0 fully saturated rings. The highest BCUT2D eigenvalue weighted by Gasteiger charge is 2.12. The number of hydrogen-bond donors (Lipinski definition) is 1. The number of carboxylic acid groups (broad SMARTS) is 1. The van der Waals surface area contributed by atoms with Crippen molar-refractivity contribution in [2.24, 2.45) is 0 Å². The summed E-state index contributed by atoms with van der Waals surface area (Å²) in [6, 6.07) is 3.48. The van der Waals surface area contributed by atoms with Gasteiger partial charge in [-0.15, -0.1) is 0 Å². The van der Waals surface area contributed by atoms with Crippen molar-refractivity contribution in [3.63, 3.8) is 0 Å². The first-order chi connectivity index (χ1) is 7.10. The number of hydrogen-bond acceptors (Lipinski definition) is 2. The van der Waals surface area contributed by atoms with Gasteiger partial charge in [0.1, 0.15) is 0 Å². The Balaban J connectivity index is 3.13. The largest absolute Gasteiger partial charge is 0.478 e. The molecule has 0 saturated carbocycles. The Morgan fingerprint density at radius 3 is 2.60 bits per heavy atom. The van der Waals surface area contributed by atoms with Crippen LogP contribution in [0.1, 0.15) is 54.9 Å². The van der Waals surface area contributed by atoms with Crippen molar-refractivity contribution >= 4 is 5.97 Å². The molecule has 1 unspecified atom stereocenters. The van der Waals surface area contributed by atoms with Gasteiger partial charge in [0.2, 0.25) is 0 Å². The first-order valence-corrected chi connectivity index (χ1v) is 5.33. The zero-order valence-corrected chi connectivity index (χ0v) is 9.45. The van der Waals surface area contributed by atoms with E-state index in [1.165, 1.54) is 0 Å². The maximum absolute atomic E-state index is 10.9. The molecule has 82 valence electrons. The lowest BCUT2D eigenvalue weighted by Crippen LogP contribution is -2.07. The molecule has 0 aliphatic carbocycles. The lowest BCUT2D eigenvalue weighted by atomic mass is 10.0. The quantitative estimate of drug-likeness (QED) is 0.825. The van der Waals surface area contributed by atoms with Gasteiger partial charge in [0.15, 0.2) is 0 Å². The lowest BCUT2D eigenvalue weighted by molar-refractivity contribution is 0.0695. The van der Waals surface area contributed by atoms with Gasteiger partial charge in [-0.25, -0.2) is 4.79 Å². The summed E-state index contributed by atoms with van der Waals surface area (Å²) in [6.07, 6.45) is 1.68. The Kier molecular flexibility index (Phi) is 3.83. The van der Waals surface area contributed by atoms with Crippen LogP contribution in [-0.2, 0) is 6.42 Å². The van der Waals surface area contributed by atoms with E-state index >= 15 is 0 Å². The fourth-order valence-electron chi connectivity index (χ4n) is 1.47. The fourth-order valence-corrected chi connectivity index (χ4v) is 1.47. The Labute approximate surface area is 90.2 Å². The van der Waals surface area contributed by atoms with Crippen molar-refractivity contribution in [1.29, 1.82) is 0 Å². The molecule has 1 rings (SSSR count). The van der Waals surface area contributed by atoms with E-state index in [0.29, 0.717) is 23.6 Å². The van der Waals surface area contributed by atoms with Crippen LogP contribution in [0.2, 0.25) is 0 Å². The second-order valence-electron chi connectivity index (χ2n) is 3.70. The molecule has 1 N–H and O–H groups in total. The molecule has 1 atom stereocenters. The average Bonchev–Trinajstić information content (AvgIpc) is 2.26. The Morgan fingerprint density at radius 2 is 2.13 bits per heavy atom. The highest BCUT2D eigenvalue weighted by Crippen LogP contribution is 2.18. The molecule has 1 aromatic rings. The van der Waals surface area contributed by atoms with E-state index < -0.39 is 5.97 Å². The van der Waals surface area contributed by atoms with Gasteiger partial charge in [0, 0.05) is 5.69 Å². The Bertz CT molecular complexity index is 361. The maximum Gasteiger partial charge on any atom is 0.337 e. The number of aromatic carboxylic acids is 1. The number of aryl methyl sites for hydroxylation is 1. The normalized spacial score (nSPS) is 12.5. The molecular formula is C12H17NO2. The topological polar surface area (TPSA) is 50.2 Å². The van der Waals surface area contributed by atoms with Crippen LogP contribution in [0, 0.1) is 0 Å². The number of aromatic nitrogens is 1. The van der Waals surface area contributed by atoms with Crippen LogP contribution in [0.5, 0.6) is 0 Å². The minimum absolute atomic E-state index is 0.324. The number of pyridine rings is 1. The highest BCUT2D eigenvalue weighted by molar-refractivity contribution is 5.88. The summed E-state index contributed by atoms with van der Waals surface area (Å²) >= 11 is 0. The van der Waals surface area contributed by atoms with Gasteiger partial charge in [-0.2, -0.15) is 0 Å². The average molecular weight is 207 g/mol. The molecule has 3 heteroatoms. The molecule has 1 heterocycles. The minimum atomic E-state index is -0.893. The van der Waals surface area contributed by atoms with Crippen molar-refractivity contribution in [1.82, 2.24) is 4.98 Å². The molecule has 0 amide bonds. The number of carbonyl (C=O) groups is 1. The zero-order valence-electron chi connectivity index (χ0n) is 9.45. The van der Waals surface area contributed by atoms with Crippen molar-refractivity contribution in [3.05, 3.63) is 29.1 Å². The summed E-state index contributed by atoms with van der Waals surface area (Å²) in [5.74, 6) is -0.506. The SMILES string of the molecule is CCc1nc(C(C)CC)ccc1C(=O)O. The summed E-state index contributed by atoms with van der Waals surface area (Å²) in [5.41, 5.74) is 1.99. The van der Waals surface area contributed by atoms with Crippen molar-refractivity contribution in [2.75, 3.05) is 0 Å². The van der Waals surface area contributed by atoms with Gasteiger partial charge in [0.25, 0.3) is 0 Å². The van der Waals surface area contributed by atoms with Crippen LogP contribution in [-0.4, -0.2) is 16.1 Å². The second-order valence-corrected chi connectivity index (χ2v) is 3.70. The monoisotopic (exact) mass is 207 g/mol. The third kappa shape index (κ3) is 2.55. The molecule has 0 saturated heterocycles. The van der Waals surface area contributed by atoms with Gasteiger partial charge in [-0.1, -0.05) is 20.8 Å². The Morgan fingerprint density at radius 1 is 1.47 bits per heavy atom. The van der Waals surface area contributed by atoms with E-state index in [9.17, 15) is 4.79 Å². The summed E-state index contributed by atoms with van der Waals surface area (Å²) in [6.45, 7) is 6.13. The third-order valence-corrected chi connectivity index (χ3v) is 2.68. The second kappa shape index (κ2) is 4.91. The Hall–Kier alpha value is -1.38. The molecule has 15 heavy (non-hydrogen) atoms. The summed E-state index contributed by atoms with van der Waals surface area (Å²) in [7, 11) is 0. The van der Waals surface area contributed by atoms with Gasteiger partial charge < -0.3 is 5.11 Å². The van der Waals surface area contributed by atoms with E-state index in [1.54, 1.807) is 6.07 Å². The van der Waals surface area contributed by atoms with Gasteiger partial charge >= 0.3 is 5.97 Å². The summed E-state index contributed by atoms with van der Waals surface area (Å²) in [4.78, 5) is 15.3. The number of carboxylic acids is 1. The lowest BCUT2D eigenvalue weighted by Gasteiger charge is -2.10. The minimum Gasteiger partial charge on any atom is -0.478 e. The smallest absolute Gasteiger partial charge is 0.337 e. The third-order valence-electron chi connectivity index (χ3n) is 2.68. The highest BCUT2D eigenvalue weighted by atomic mass is 16.4. The number of nitrogens with zero attached hydrogens (tertiary/aromatic N) is 1. The van der Waals surface area contributed by atoms with Crippen LogP contribution < -0.4 is 0 Å². The van der Waals surface area contributed by atoms with Crippen LogP contribution in [0.15, 0.2) is 12.1 Å². The van der Waals surface area contributed by atoms with E-state index in [2.05, 4.69) is 18.8 Å². The molecule has 3 nitrogen and oxygen atoms in total. The van der Waals surface area contributed by atoms with E-state index in [4.69, 9.17) is 5.11 Å². The predicted molar refractivity (Wildman–Crippen MR) is 59.3 cm³/mol. The molecule has 0 bridgehead atoms. The fraction of sp³-hybridized carbons (Fsp3) is 0.500. The standard InChI is InChI=1S/C12H17NO2/c1-4-8(3)11-7-6-9(12(14)15)10(5-2)13-11/h6-8H,4-5H2,1-3H3,(H,14,15). The van der Waals surface area contributed by atoms with Crippen LogP contribution in [0.3, 0.4) is 0 Å². The van der Waals surface area contributed by atoms with Crippen molar-refractivity contribution in [2.45, 2.75) is 39.5 Å². The first-order valence-electron chi connectivity index (χ1n) is 5.33. The van der Waals surface area contributed by atoms with Crippen LogP contribution >= 0.6 is 0 Å². The number of rotatable bonds is 4. The van der Waals surface area contributed by atoms with Gasteiger partial charge in [0.05, 0.1) is 11.3 Å². The van der Waals surface area contributed by atoms with Crippen LogP contribution in [0.4, 0.5) is 0 Å². The molecule has 1 aromatic heterocycles. The van der Waals surface area contributed by atoms with E-state index in [0.717, 1.165) is 12.1 Å². The zero-order chi connectivity index (χ0) is 11.4. The van der Waals surface area contributed by atoms with E-state index in [-0.39, 0.29) is 0 Å². The predicted octanol–water partition coefficient (Wildman–Crippen LogP) is 2.86. The van der Waals surface area contributed by atoms with Crippen molar-refractivity contribution in [3.8, 4) is 0 Å². The molecule has 0 spiro atoms. The summed E-state index contributed by atoms with van der Waals surface area (Å²) in [5, 5.41) is 8.94. The van der Waals surface area contributed by atoms with Crippen LogP contribution in [0.25, 0.3) is 0 Å². The van der Waals surface area contributed by atoms with Gasteiger partial charge in [-0.3, -0.25) is 4.98 Å². The molecule has 0 aliphatic heterocycles. The molecule has 0 aliphatic rings. The maximum atomic E-state index is 10.9. The first kappa shape index (κ1) is 11.7. The van der Waals surface area contributed by atoms with E-state index in [1.807, 2.05) is 13.0 Å². The molecular weight excluding hydrogens is 190 g/mol. The van der Waals surface area contributed by atoms with Gasteiger partial charge in [-0.05, 0) is 30.9 Å². The molecule has 0 radical (unpaired) electrons. The summed E-state index contributed by atoms with van der Waals surface area (Å²) < 4.78 is 0. The molecule has 0 aromatic carbocycles.